The summed E-state index contributed by atoms with van der Waals surface area (Å²) in [6.07, 6.45) is -0.388. The molecule has 0 saturated heterocycles. The lowest BCUT2D eigenvalue weighted by Gasteiger charge is -2.31. The average molecular weight is 463 g/mol. The van der Waals surface area contributed by atoms with Crippen molar-refractivity contribution in [3.05, 3.63) is 53.1 Å². The van der Waals surface area contributed by atoms with Crippen molar-refractivity contribution < 1.29 is 32.6 Å². The number of nitrogens with one attached hydrogen (secondary N) is 1. The second kappa shape index (κ2) is 9.17. The van der Waals surface area contributed by atoms with E-state index in [1.807, 2.05) is 0 Å². The third-order valence-corrected chi connectivity index (χ3v) is 5.99. The molecule has 0 radical (unpaired) electrons. The molecule has 3 rings (SSSR count). The largest absolute Gasteiger partial charge is 0.493 e. The van der Waals surface area contributed by atoms with Gasteiger partial charge in [0.25, 0.3) is 5.91 Å². The zero-order chi connectivity index (χ0) is 23.6. The van der Waals surface area contributed by atoms with Crippen molar-refractivity contribution in [3.8, 4) is 11.5 Å². The molecule has 172 valence electrons. The first-order valence-electron chi connectivity index (χ1n) is 9.97. The molecule has 0 aliphatic carbocycles. The van der Waals surface area contributed by atoms with Crippen LogP contribution in [0.15, 0.2) is 36.4 Å². The van der Waals surface area contributed by atoms with Crippen LogP contribution in [0.4, 0.5) is 5.69 Å². The molecule has 1 heterocycles. The van der Waals surface area contributed by atoms with E-state index in [1.165, 1.54) is 20.1 Å². The number of methoxy groups -OCH3 is 1. The van der Waals surface area contributed by atoms with Gasteiger partial charge in [0.15, 0.2) is 17.7 Å². The van der Waals surface area contributed by atoms with Gasteiger partial charge in [-0.05, 0) is 36.8 Å². The number of fused-ring (bicyclic) bond motifs is 1. The average Bonchev–Trinajstić information content (AvgIpc) is 2.96. The van der Waals surface area contributed by atoms with Gasteiger partial charge in [0.05, 0.1) is 25.5 Å². The molecule has 10 heteroatoms. The monoisotopic (exact) mass is 462 g/mol. The summed E-state index contributed by atoms with van der Waals surface area (Å²) in [4.78, 5) is 26.0. The molecular weight excluding hydrogens is 436 g/mol. The van der Waals surface area contributed by atoms with E-state index in [2.05, 4.69) is 5.32 Å². The quantitative estimate of drug-likeness (QED) is 0.617. The van der Waals surface area contributed by atoms with Crippen LogP contribution in [0.3, 0.4) is 0 Å². The van der Waals surface area contributed by atoms with Gasteiger partial charge in [-0.2, -0.15) is 0 Å². The third-order valence-electron chi connectivity index (χ3n) is 5.07. The first kappa shape index (κ1) is 23.6. The van der Waals surface area contributed by atoms with E-state index in [0.717, 1.165) is 11.2 Å². The van der Waals surface area contributed by atoms with Crippen LogP contribution in [0.1, 0.15) is 47.6 Å². The van der Waals surface area contributed by atoms with Crippen molar-refractivity contribution in [2.45, 2.75) is 26.1 Å². The number of benzene rings is 2. The highest BCUT2D eigenvalue weighted by Gasteiger charge is 2.43. The van der Waals surface area contributed by atoms with Crippen LogP contribution in [-0.2, 0) is 14.6 Å². The SMILES string of the molecule is CCOc1cc([C@@H](CS(C)(=O)=O)N2C(=O)c3cccc(NC(C)=O)c3C2O)ccc1OC. The Labute approximate surface area is 186 Å². The number of hydrogen-bond acceptors (Lipinski definition) is 7. The van der Waals surface area contributed by atoms with E-state index in [4.69, 9.17) is 9.47 Å². The van der Waals surface area contributed by atoms with E-state index >= 15 is 0 Å². The zero-order valence-corrected chi connectivity index (χ0v) is 19.1. The third kappa shape index (κ3) is 4.71. The molecule has 0 bridgehead atoms. The number of ether oxygens (including phenoxy) is 2. The van der Waals surface area contributed by atoms with Gasteiger partial charge in [-0.25, -0.2) is 8.42 Å². The highest BCUT2D eigenvalue weighted by atomic mass is 32.2. The highest BCUT2D eigenvalue weighted by Crippen LogP contribution is 2.43. The number of rotatable bonds is 8. The Hall–Kier alpha value is -3.11. The maximum absolute atomic E-state index is 13.3. The summed E-state index contributed by atoms with van der Waals surface area (Å²) in [7, 11) is -2.07. The number of nitrogens with zero attached hydrogens (tertiary/aromatic N) is 1. The lowest BCUT2D eigenvalue weighted by molar-refractivity contribution is -0.114. The summed E-state index contributed by atoms with van der Waals surface area (Å²) in [5, 5.41) is 13.7. The van der Waals surface area contributed by atoms with Crippen LogP contribution in [0.25, 0.3) is 0 Å². The number of amides is 2. The fraction of sp³-hybridized carbons (Fsp3) is 0.364. The van der Waals surface area contributed by atoms with Crippen LogP contribution in [0.5, 0.6) is 11.5 Å². The number of aliphatic hydroxyl groups is 1. The Morgan fingerprint density at radius 1 is 1.25 bits per heavy atom. The molecule has 0 saturated carbocycles. The van der Waals surface area contributed by atoms with Crippen molar-refractivity contribution in [1.29, 1.82) is 0 Å². The minimum Gasteiger partial charge on any atom is -0.493 e. The van der Waals surface area contributed by atoms with Crippen LogP contribution in [0.2, 0.25) is 0 Å². The molecule has 0 aromatic heterocycles. The fourth-order valence-electron chi connectivity index (χ4n) is 3.82. The maximum Gasteiger partial charge on any atom is 0.257 e. The van der Waals surface area contributed by atoms with E-state index in [0.29, 0.717) is 29.4 Å². The Morgan fingerprint density at radius 3 is 2.56 bits per heavy atom. The molecule has 0 spiro atoms. The molecular formula is C22H26N2O7S. The lowest BCUT2D eigenvalue weighted by Crippen LogP contribution is -2.36. The normalized spacial score (nSPS) is 16.5. The Morgan fingerprint density at radius 2 is 1.97 bits per heavy atom. The lowest BCUT2D eigenvalue weighted by atomic mass is 10.1. The zero-order valence-electron chi connectivity index (χ0n) is 18.3. The molecule has 1 unspecified atom stereocenters. The number of anilines is 1. The summed E-state index contributed by atoms with van der Waals surface area (Å²) in [5.41, 5.74) is 1.17. The Kier molecular flexibility index (Phi) is 6.75. The molecule has 2 atom stereocenters. The van der Waals surface area contributed by atoms with Crippen molar-refractivity contribution in [3.63, 3.8) is 0 Å². The first-order chi connectivity index (χ1) is 15.1. The van der Waals surface area contributed by atoms with E-state index < -0.39 is 33.8 Å². The number of hydrogen-bond donors (Lipinski definition) is 2. The second-order valence-corrected chi connectivity index (χ2v) is 9.67. The predicted octanol–water partition coefficient (Wildman–Crippen LogP) is 2.28. The van der Waals surface area contributed by atoms with Gasteiger partial charge in [-0.1, -0.05) is 12.1 Å². The van der Waals surface area contributed by atoms with Crippen LogP contribution in [-0.4, -0.2) is 56.0 Å². The number of sulfone groups is 1. The summed E-state index contributed by atoms with van der Waals surface area (Å²) in [5.74, 6) is -0.471. The van der Waals surface area contributed by atoms with Crippen molar-refractivity contribution in [1.82, 2.24) is 4.90 Å². The molecule has 2 amide bonds. The molecule has 32 heavy (non-hydrogen) atoms. The van der Waals surface area contributed by atoms with Gasteiger partial charge in [0, 0.05) is 30.0 Å². The number of carbonyl (C=O) groups is 2. The predicted molar refractivity (Wildman–Crippen MR) is 118 cm³/mol. The van der Waals surface area contributed by atoms with Gasteiger partial charge >= 0.3 is 0 Å². The standard InChI is InChI=1S/C22H26N2O7S/c1-5-31-19-11-14(9-10-18(19)30-3)17(12-32(4,28)29)24-21(26)15-7-6-8-16(23-13(2)25)20(15)22(24)27/h6-11,17,22,27H,5,12H2,1-4H3,(H,23,25)/t17-,22?/m1/s1. The second-order valence-electron chi connectivity index (χ2n) is 7.49. The fourth-order valence-corrected chi connectivity index (χ4v) is 4.75. The van der Waals surface area contributed by atoms with Gasteiger partial charge < -0.3 is 24.8 Å². The van der Waals surface area contributed by atoms with Crippen LogP contribution in [0, 0.1) is 0 Å². The van der Waals surface area contributed by atoms with Gasteiger partial charge in [0.2, 0.25) is 5.91 Å². The summed E-state index contributed by atoms with van der Waals surface area (Å²) in [6, 6.07) is 8.55. The Balaban J connectivity index is 2.12. The summed E-state index contributed by atoms with van der Waals surface area (Å²) in [6.45, 7) is 3.47. The van der Waals surface area contributed by atoms with Crippen LogP contribution >= 0.6 is 0 Å². The van der Waals surface area contributed by atoms with Crippen molar-refractivity contribution in [2.75, 3.05) is 31.0 Å². The van der Waals surface area contributed by atoms with Crippen LogP contribution < -0.4 is 14.8 Å². The molecule has 1 aliphatic rings. The molecule has 9 nitrogen and oxygen atoms in total. The molecule has 2 aromatic rings. The minimum atomic E-state index is -3.56. The smallest absolute Gasteiger partial charge is 0.257 e. The molecule has 2 aromatic carbocycles. The van der Waals surface area contributed by atoms with E-state index in [1.54, 1.807) is 37.3 Å². The molecule has 2 N–H and O–H groups in total. The molecule has 1 aliphatic heterocycles. The Bertz CT molecular complexity index is 1150. The summed E-state index contributed by atoms with van der Waals surface area (Å²) >= 11 is 0. The van der Waals surface area contributed by atoms with E-state index in [9.17, 15) is 23.1 Å². The molecule has 0 fully saturated rings. The van der Waals surface area contributed by atoms with Crippen molar-refractivity contribution >= 4 is 27.3 Å². The van der Waals surface area contributed by atoms with Gasteiger partial charge in [0.1, 0.15) is 9.84 Å². The highest BCUT2D eigenvalue weighted by molar-refractivity contribution is 7.90. The number of aliphatic hydroxyl groups excluding tert-OH is 1. The maximum atomic E-state index is 13.3. The number of carbonyl (C=O) groups excluding carboxylic acids is 2. The summed E-state index contributed by atoms with van der Waals surface area (Å²) < 4.78 is 35.4. The topological polar surface area (TPSA) is 122 Å². The first-order valence-corrected chi connectivity index (χ1v) is 12.0. The van der Waals surface area contributed by atoms with E-state index in [-0.39, 0.29) is 17.0 Å². The van der Waals surface area contributed by atoms with Crippen molar-refractivity contribution in [2.24, 2.45) is 0 Å². The van der Waals surface area contributed by atoms with Gasteiger partial charge in [-0.3, -0.25) is 9.59 Å². The minimum absolute atomic E-state index is 0.195. The van der Waals surface area contributed by atoms with Gasteiger partial charge in [-0.15, -0.1) is 0 Å².